The standard InChI is InChI=1S/C21H22N2O2S/c1-16-9-12-21(17(2)14-16)26(24,25)23-20-8-5-6-18(15-20)10-11-19-7-3-4-13-22-19/h3-9,12-15,23H,10-11H2,1-2H3. The fraction of sp³-hybridized carbons (Fsp3) is 0.190. The van der Waals surface area contributed by atoms with Crippen LogP contribution in [0.3, 0.4) is 0 Å². The number of rotatable bonds is 6. The predicted molar refractivity (Wildman–Crippen MR) is 105 cm³/mol. The molecule has 0 amide bonds. The van der Waals surface area contributed by atoms with E-state index < -0.39 is 10.0 Å². The third-order valence-electron chi connectivity index (χ3n) is 4.20. The van der Waals surface area contributed by atoms with Crippen LogP contribution in [-0.2, 0) is 22.9 Å². The number of sulfonamides is 1. The van der Waals surface area contributed by atoms with E-state index in [1.165, 1.54) is 0 Å². The third kappa shape index (κ3) is 4.49. The molecule has 0 saturated heterocycles. The van der Waals surface area contributed by atoms with Gasteiger partial charge in [-0.25, -0.2) is 8.42 Å². The number of aryl methyl sites for hydroxylation is 4. The van der Waals surface area contributed by atoms with Crippen molar-refractivity contribution in [3.63, 3.8) is 0 Å². The molecule has 1 N–H and O–H groups in total. The Morgan fingerprint density at radius 2 is 1.77 bits per heavy atom. The summed E-state index contributed by atoms with van der Waals surface area (Å²) in [5.41, 5.74) is 4.44. The molecule has 0 bridgehead atoms. The minimum absolute atomic E-state index is 0.307. The van der Waals surface area contributed by atoms with Crippen molar-refractivity contribution in [3.8, 4) is 0 Å². The van der Waals surface area contributed by atoms with Crippen molar-refractivity contribution in [1.29, 1.82) is 0 Å². The van der Waals surface area contributed by atoms with Gasteiger partial charge in [0, 0.05) is 17.6 Å². The minimum Gasteiger partial charge on any atom is -0.280 e. The van der Waals surface area contributed by atoms with Gasteiger partial charge in [0.05, 0.1) is 4.90 Å². The zero-order chi connectivity index (χ0) is 18.6. The van der Waals surface area contributed by atoms with Gasteiger partial charge >= 0.3 is 0 Å². The second kappa shape index (κ2) is 7.70. The van der Waals surface area contributed by atoms with E-state index in [1.54, 1.807) is 18.3 Å². The first-order valence-corrected chi connectivity index (χ1v) is 10.0. The van der Waals surface area contributed by atoms with Crippen molar-refractivity contribution in [1.82, 2.24) is 4.98 Å². The molecular weight excluding hydrogens is 344 g/mol. The first-order chi connectivity index (χ1) is 12.4. The van der Waals surface area contributed by atoms with Gasteiger partial charge in [0.25, 0.3) is 10.0 Å². The van der Waals surface area contributed by atoms with E-state index >= 15 is 0 Å². The van der Waals surface area contributed by atoms with E-state index in [0.717, 1.165) is 35.2 Å². The number of pyridine rings is 1. The predicted octanol–water partition coefficient (Wildman–Crippen LogP) is 4.28. The number of nitrogens with one attached hydrogen (secondary N) is 1. The van der Waals surface area contributed by atoms with Crippen LogP contribution in [0.2, 0.25) is 0 Å². The van der Waals surface area contributed by atoms with Gasteiger partial charge in [-0.1, -0.05) is 35.9 Å². The van der Waals surface area contributed by atoms with E-state index in [4.69, 9.17) is 0 Å². The highest BCUT2D eigenvalue weighted by molar-refractivity contribution is 7.92. The lowest BCUT2D eigenvalue weighted by Gasteiger charge is -2.12. The van der Waals surface area contributed by atoms with Crippen molar-refractivity contribution >= 4 is 15.7 Å². The third-order valence-corrected chi connectivity index (χ3v) is 5.74. The molecule has 4 nitrogen and oxygen atoms in total. The summed E-state index contributed by atoms with van der Waals surface area (Å²) in [5, 5.41) is 0. The van der Waals surface area contributed by atoms with Gasteiger partial charge in [-0.05, 0) is 68.1 Å². The highest BCUT2D eigenvalue weighted by Crippen LogP contribution is 2.21. The molecule has 0 unspecified atom stereocenters. The van der Waals surface area contributed by atoms with Crippen molar-refractivity contribution < 1.29 is 8.42 Å². The lowest BCUT2D eigenvalue weighted by Crippen LogP contribution is -2.14. The Labute approximate surface area is 155 Å². The molecule has 3 aromatic rings. The first kappa shape index (κ1) is 18.1. The van der Waals surface area contributed by atoms with Gasteiger partial charge in [0.15, 0.2) is 0 Å². The van der Waals surface area contributed by atoms with Crippen molar-refractivity contribution in [3.05, 3.63) is 89.2 Å². The first-order valence-electron chi connectivity index (χ1n) is 8.53. The summed E-state index contributed by atoms with van der Waals surface area (Å²) in [6.45, 7) is 3.76. The molecule has 0 radical (unpaired) electrons. The molecule has 1 aromatic heterocycles. The van der Waals surface area contributed by atoms with E-state index in [-0.39, 0.29) is 0 Å². The molecular formula is C21H22N2O2S. The molecule has 0 aliphatic rings. The molecule has 0 aliphatic carbocycles. The van der Waals surface area contributed by atoms with Crippen LogP contribution in [-0.4, -0.2) is 13.4 Å². The molecule has 2 aromatic carbocycles. The summed E-state index contributed by atoms with van der Waals surface area (Å²) >= 11 is 0. The number of hydrogen-bond donors (Lipinski definition) is 1. The maximum Gasteiger partial charge on any atom is 0.262 e. The van der Waals surface area contributed by atoms with Crippen LogP contribution >= 0.6 is 0 Å². The molecule has 1 heterocycles. The van der Waals surface area contributed by atoms with Gasteiger partial charge in [0.2, 0.25) is 0 Å². The Bertz CT molecular complexity index is 1000. The average molecular weight is 366 g/mol. The Kier molecular flexibility index (Phi) is 5.38. The minimum atomic E-state index is -3.61. The molecule has 134 valence electrons. The number of hydrogen-bond acceptors (Lipinski definition) is 3. The summed E-state index contributed by atoms with van der Waals surface area (Å²) in [5.74, 6) is 0. The van der Waals surface area contributed by atoms with Gasteiger partial charge in [-0.2, -0.15) is 0 Å². The van der Waals surface area contributed by atoms with Gasteiger partial charge in [-0.15, -0.1) is 0 Å². The average Bonchev–Trinajstić information content (AvgIpc) is 2.60. The summed E-state index contributed by atoms with van der Waals surface area (Å²) in [7, 11) is -3.61. The van der Waals surface area contributed by atoms with E-state index in [2.05, 4.69) is 9.71 Å². The monoisotopic (exact) mass is 366 g/mol. The Hall–Kier alpha value is -2.66. The number of nitrogens with zero attached hydrogens (tertiary/aromatic N) is 1. The Morgan fingerprint density at radius 1 is 0.923 bits per heavy atom. The van der Waals surface area contributed by atoms with E-state index in [9.17, 15) is 8.42 Å². The second-order valence-electron chi connectivity index (χ2n) is 6.40. The zero-order valence-electron chi connectivity index (χ0n) is 14.9. The van der Waals surface area contributed by atoms with Crippen LogP contribution in [0.15, 0.2) is 71.8 Å². The Balaban J connectivity index is 1.75. The van der Waals surface area contributed by atoms with Crippen LogP contribution in [0.5, 0.6) is 0 Å². The van der Waals surface area contributed by atoms with Crippen LogP contribution in [0, 0.1) is 13.8 Å². The Morgan fingerprint density at radius 3 is 2.50 bits per heavy atom. The van der Waals surface area contributed by atoms with Crippen molar-refractivity contribution in [2.24, 2.45) is 0 Å². The molecule has 5 heteroatoms. The highest BCUT2D eigenvalue weighted by Gasteiger charge is 2.17. The topological polar surface area (TPSA) is 59.1 Å². The lowest BCUT2D eigenvalue weighted by molar-refractivity contribution is 0.600. The summed E-state index contributed by atoms with van der Waals surface area (Å²) in [6.07, 6.45) is 3.40. The molecule has 3 rings (SSSR count). The number of anilines is 1. The SMILES string of the molecule is Cc1ccc(S(=O)(=O)Nc2cccc(CCc3ccccn3)c2)c(C)c1. The van der Waals surface area contributed by atoms with Crippen LogP contribution in [0.4, 0.5) is 5.69 Å². The largest absolute Gasteiger partial charge is 0.280 e. The quantitative estimate of drug-likeness (QED) is 0.708. The van der Waals surface area contributed by atoms with Crippen molar-refractivity contribution in [2.75, 3.05) is 4.72 Å². The summed E-state index contributed by atoms with van der Waals surface area (Å²) in [4.78, 5) is 4.63. The molecule has 0 saturated carbocycles. The highest BCUT2D eigenvalue weighted by atomic mass is 32.2. The van der Waals surface area contributed by atoms with E-state index in [1.807, 2.05) is 62.4 Å². The fourth-order valence-electron chi connectivity index (χ4n) is 2.92. The number of aromatic nitrogens is 1. The molecule has 26 heavy (non-hydrogen) atoms. The lowest BCUT2D eigenvalue weighted by atomic mass is 10.1. The number of benzene rings is 2. The summed E-state index contributed by atoms with van der Waals surface area (Å²) in [6, 6.07) is 18.7. The smallest absolute Gasteiger partial charge is 0.262 e. The fourth-order valence-corrected chi connectivity index (χ4v) is 4.20. The maximum atomic E-state index is 12.7. The molecule has 0 fully saturated rings. The maximum absolute atomic E-state index is 12.7. The second-order valence-corrected chi connectivity index (χ2v) is 8.05. The van der Waals surface area contributed by atoms with Gasteiger partial charge in [-0.3, -0.25) is 9.71 Å². The van der Waals surface area contributed by atoms with Crippen LogP contribution in [0.1, 0.15) is 22.4 Å². The van der Waals surface area contributed by atoms with Crippen LogP contribution in [0.25, 0.3) is 0 Å². The van der Waals surface area contributed by atoms with Crippen LogP contribution < -0.4 is 4.72 Å². The van der Waals surface area contributed by atoms with Gasteiger partial charge < -0.3 is 0 Å². The molecule has 0 aliphatic heterocycles. The van der Waals surface area contributed by atoms with Gasteiger partial charge in [0.1, 0.15) is 0 Å². The van der Waals surface area contributed by atoms with Crippen molar-refractivity contribution in [2.45, 2.75) is 31.6 Å². The normalized spacial score (nSPS) is 11.3. The zero-order valence-corrected chi connectivity index (χ0v) is 15.8. The summed E-state index contributed by atoms with van der Waals surface area (Å²) < 4.78 is 28.1. The van der Waals surface area contributed by atoms with E-state index in [0.29, 0.717) is 10.6 Å². The molecule has 0 atom stereocenters. The molecule has 0 spiro atoms.